The van der Waals surface area contributed by atoms with Gasteiger partial charge in [0.1, 0.15) is 0 Å². The summed E-state index contributed by atoms with van der Waals surface area (Å²) in [6.07, 6.45) is 0. The molecule has 0 aliphatic carbocycles. The maximum absolute atomic E-state index is 2.54. The smallest absolute Gasteiger partial charge is 0.252 e. The number of anilines is 6. The van der Waals surface area contributed by atoms with E-state index in [-0.39, 0.29) is 12.1 Å². The summed E-state index contributed by atoms with van der Waals surface area (Å²) >= 11 is 0. The first-order valence-electron chi connectivity index (χ1n) is 25.2. The summed E-state index contributed by atoms with van der Waals surface area (Å²) in [5, 5.41) is 5.04. The second-order valence-electron chi connectivity index (χ2n) is 20.2. The third-order valence-electron chi connectivity index (χ3n) is 15.5. The van der Waals surface area contributed by atoms with Crippen LogP contribution in [0.1, 0.15) is 50.3 Å². The van der Waals surface area contributed by atoms with Gasteiger partial charge in [-0.05, 0) is 149 Å². The molecule has 2 aliphatic rings. The highest BCUT2D eigenvalue weighted by atomic mass is 15.2. The number of fused-ring (bicyclic) bond motifs is 6. The predicted octanol–water partition coefficient (Wildman–Crippen LogP) is 16.5. The molecular weight excluding hydrogens is 856 g/mol. The fraction of sp³-hybridized carbons (Fsp3) is 0.0882. The lowest BCUT2D eigenvalue weighted by molar-refractivity contribution is 0.641. The molecule has 13 rings (SSSR count). The number of benzene rings is 11. The Morgan fingerprint density at radius 2 is 0.803 bits per heavy atom. The van der Waals surface area contributed by atoms with Crippen molar-refractivity contribution in [3.63, 3.8) is 0 Å². The first kappa shape index (κ1) is 42.7. The minimum atomic E-state index is -0.219. The van der Waals surface area contributed by atoms with E-state index in [0.717, 1.165) is 11.4 Å². The molecule has 2 aliphatic heterocycles. The molecule has 2 heterocycles. The maximum atomic E-state index is 2.54. The van der Waals surface area contributed by atoms with Gasteiger partial charge in [-0.3, -0.25) is 0 Å². The average Bonchev–Trinajstić information content (AvgIpc) is 3.42. The minimum Gasteiger partial charge on any atom is -0.311 e. The highest BCUT2D eigenvalue weighted by molar-refractivity contribution is 7.00. The van der Waals surface area contributed by atoms with E-state index in [4.69, 9.17) is 0 Å². The molecule has 0 fully saturated rings. The zero-order valence-electron chi connectivity index (χ0n) is 40.6. The first-order chi connectivity index (χ1) is 34.8. The molecule has 0 atom stereocenters. The zero-order valence-corrected chi connectivity index (χ0v) is 40.6. The normalized spacial score (nSPS) is 12.8. The van der Waals surface area contributed by atoms with Gasteiger partial charge in [0.05, 0.1) is 0 Å². The third kappa shape index (κ3) is 6.94. The van der Waals surface area contributed by atoms with E-state index < -0.39 is 0 Å². The van der Waals surface area contributed by atoms with Gasteiger partial charge in [-0.2, -0.15) is 0 Å². The Labute approximate surface area is 418 Å². The fourth-order valence-electron chi connectivity index (χ4n) is 11.9. The molecule has 71 heavy (non-hydrogen) atoms. The van der Waals surface area contributed by atoms with E-state index in [1.807, 2.05) is 0 Å². The highest BCUT2D eigenvalue weighted by Gasteiger charge is 2.44. The van der Waals surface area contributed by atoms with Gasteiger partial charge in [-0.1, -0.05) is 216 Å². The molecule has 0 N–H and O–H groups in total. The summed E-state index contributed by atoms with van der Waals surface area (Å²) in [4.78, 5) is 5.07. The molecule has 0 unspecified atom stereocenters. The third-order valence-corrected chi connectivity index (χ3v) is 15.5. The highest BCUT2D eigenvalue weighted by Crippen LogP contribution is 2.49. The van der Waals surface area contributed by atoms with Crippen molar-refractivity contribution in [3.05, 3.63) is 259 Å². The minimum absolute atomic E-state index is 0.00915. The van der Waals surface area contributed by atoms with Gasteiger partial charge in [-0.25, -0.2) is 0 Å². The second-order valence-corrected chi connectivity index (χ2v) is 20.2. The topological polar surface area (TPSA) is 6.48 Å². The van der Waals surface area contributed by atoms with E-state index in [0.29, 0.717) is 5.92 Å². The molecule has 338 valence electrons. The summed E-state index contributed by atoms with van der Waals surface area (Å²) in [5.41, 5.74) is 22.1. The van der Waals surface area contributed by atoms with E-state index in [1.54, 1.807) is 0 Å². The van der Waals surface area contributed by atoms with Crippen molar-refractivity contribution in [1.82, 2.24) is 0 Å². The van der Waals surface area contributed by atoms with Crippen LogP contribution in [0.4, 0.5) is 34.1 Å². The van der Waals surface area contributed by atoms with Crippen molar-refractivity contribution >= 4 is 78.8 Å². The van der Waals surface area contributed by atoms with Gasteiger partial charge < -0.3 is 9.80 Å². The van der Waals surface area contributed by atoms with E-state index >= 15 is 0 Å². The van der Waals surface area contributed by atoms with Crippen molar-refractivity contribution in [3.8, 4) is 33.4 Å². The molecule has 2 nitrogen and oxygen atoms in total. The molecular formula is C68H53BN2. The van der Waals surface area contributed by atoms with E-state index in [2.05, 4.69) is 280 Å². The Kier molecular flexibility index (Phi) is 10.2. The van der Waals surface area contributed by atoms with Gasteiger partial charge in [-0.15, -0.1) is 0 Å². The van der Waals surface area contributed by atoms with Gasteiger partial charge in [0.2, 0.25) is 0 Å². The summed E-state index contributed by atoms with van der Waals surface area (Å²) in [6, 6.07) is 90.7. The quantitative estimate of drug-likeness (QED) is 0.111. The first-order valence-corrected chi connectivity index (χ1v) is 25.2. The van der Waals surface area contributed by atoms with Crippen LogP contribution in [0.5, 0.6) is 0 Å². The van der Waals surface area contributed by atoms with Crippen molar-refractivity contribution in [2.24, 2.45) is 0 Å². The largest absolute Gasteiger partial charge is 0.311 e. The van der Waals surface area contributed by atoms with Crippen molar-refractivity contribution in [1.29, 1.82) is 0 Å². The van der Waals surface area contributed by atoms with Crippen LogP contribution in [0, 0.1) is 0 Å². The summed E-state index contributed by atoms with van der Waals surface area (Å²) in [5.74, 6) is 0.296. The van der Waals surface area contributed by atoms with Crippen molar-refractivity contribution < 1.29 is 0 Å². The molecule has 11 aromatic rings. The van der Waals surface area contributed by atoms with Crippen molar-refractivity contribution in [2.45, 2.75) is 39.0 Å². The lowest BCUT2D eigenvalue weighted by atomic mass is 9.33. The molecule has 0 aromatic heterocycles. The van der Waals surface area contributed by atoms with Gasteiger partial charge in [0, 0.05) is 39.5 Å². The Bertz CT molecular complexity index is 3750. The van der Waals surface area contributed by atoms with Crippen LogP contribution in [0.2, 0.25) is 0 Å². The number of hydrogen-bond donors (Lipinski definition) is 0. The molecule has 11 aromatic carbocycles. The lowest BCUT2D eigenvalue weighted by Crippen LogP contribution is -2.61. The maximum Gasteiger partial charge on any atom is 0.252 e. The van der Waals surface area contributed by atoms with Gasteiger partial charge in [0.15, 0.2) is 0 Å². The Morgan fingerprint density at radius 3 is 1.37 bits per heavy atom. The van der Waals surface area contributed by atoms with Crippen LogP contribution in [-0.4, -0.2) is 6.71 Å². The van der Waals surface area contributed by atoms with Crippen LogP contribution >= 0.6 is 0 Å². The fourth-order valence-corrected chi connectivity index (χ4v) is 11.9. The molecule has 0 radical (unpaired) electrons. The SMILES string of the molecule is CC(C)c1cc(-c2cc3c4c(c2)N(c2ccccc2)c2ccc(C(C)(C)c5ccccc5)cc2B4c2ccccc2N3c2ccccc2)cc(-c2c3ccccc3c(-c3ccccc3)c3ccccc23)c1. The Balaban J connectivity index is 1.10. The van der Waals surface area contributed by atoms with Crippen LogP contribution in [0.25, 0.3) is 54.9 Å². The number of rotatable bonds is 8. The Morgan fingerprint density at radius 1 is 0.352 bits per heavy atom. The molecule has 3 heteroatoms. The average molecular weight is 909 g/mol. The second kappa shape index (κ2) is 16.9. The molecule has 0 saturated carbocycles. The molecule has 0 bridgehead atoms. The standard InChI is InChI=1S/C68H53BN2/c1-45(2)47-39-48(41-50(40-47)66-57-33-19-17-31-55(57)65(46-23-9-5-10-24-46)56-32-18-20-34-58(56)66)49-42-63-67-64(43-49)71(54-29-15-8-16-30-54)62-38-37-52(68(3,4)51-25-11-6-12-26-51)44-60(62)69(67)59-35-21-22-36-61(59)70(63)53-27-13-7-14-28-53/h5-45H,1-4H3. The number of hydrogen-bond acceptors (Lipinski definition) is 2. The van der Waals surface area contributed by atoms with Crippen LogP contribution in [0.15, 0.2) is 243 Å². The van der Waals surface area contributed by atoms with E-state index in [1.165, 1.54) is 111 Å². The van der Waals surface area contributed by atoms with E-state index in [9.17, 15) is 0 Å². The summed E-state index contributed by atoms with van der Waals surface area (Å²) in [6.45, 7) is 9.37. The lowest BCUT2D eigenvalue weighted by Gasteiger charge is -2.45. The predicted molar refractivity (Wildman–Crippen MR) is 304 cm³/mol. The molecule has 0 amide bonds. The molecule has 0 saturated heterocycles. The van der Waals surface area contributed by atoms with Crippen LogP contribution in [0.3, 0.4) is 0 Å². The number of para-hydroxylation sites is 3. The van der Waals surface area contributed by atoms with Crippen LogP contribution < -0.4 is 26.2 Å². The monoisotopic (exact) mass is 908 g/mol. The van der Waals surface area contributed by atoms with Gasteiger partial charge in [0.25, 0.3) is 6.71 Å². The summed E-state index contributed by atoms with van der Waals surface area (Å²) in [7, 11) is 0. The summed E-state index contributed by atoms with van der Waals surface area (Å²) < 4.78 is 0. The Hall–Kier alpha value is -8.40. The number of nitrogens with zero attached hydrogens (tertiary/aromatic N) is 2. The van der Waals surface area contributed by atoms with Gasteiger partial charge >= 0.3 is 0 Å². The van der Waals surface area contributed by atoms with Crippen molar-refractivity contribution in [2.75, 3.05) is 9.80 Å². The van der Waals surface area contributed by atoms with Crippen LogP contribution in [-0.2, 0) is 5.41 Å². The molecule has 0 spiro atoms. The zero-order chi connectivity index (χ0) is 47.8.